The Hall–Kier alpha value is -3.47. The van der Waals surface area contributed by atoms with Crippen LogP contribution < -0.4 is 10.1 Å². The largest absolute Gasteiger partial charge is 0.490 e. The van der Waals surface area contributed by atoms with Gasteiger partial charge in [-0.1, -0.05) is 0 Å². The van der Waals surface area contributed by atoms with E-state index in [9.17, 15) is 24.5 Å². The number of anilines is 1. The second-order valence-corrected chi connectivity index (χ2v) is 7.30. The van der Waals surface area contributed by atoms with Crippen molar-refractivity contribution in [2.45, 2.75) is 13.8 Å². The lowest BCUT2D eigenvalue weighted by atomic mass is 10.1. The summed E-state index contributed by atoms with van der Waals surface area (Å²) in [4.78, 5) is 49.8. The lowest BCUT2D eigenvalue weighted by Gasteiger charge is -2.09. The molecule has 1 heterocycles. The molecule has 0 aliphatic rings. The van der Waals surface area contributed by atoms with E-state index in [-0.39, 0.29) is 45.0 Å². The monoisotopic (exact) mass is 435 g/mol. The molecule has 0 fully saturated rings. The van der Waals surface area contributed by atoms with Gasteiger partial charge in [-0.15, -0.1) is 11.3 Å². The number of hydrogen-bond acceptors (Lipinski definition) is 8. The van der Waals surface area contributed by atoms with Crippen molar-refractivity contribution in [1.82, 2.24) is 4.90 Å². The van der Waals surface area contributed by atoms with Gasteiger partial charge in [-0.2, -0.15) is 0 Å². The Labute approximate surface area is 176 Å². The molecule has 0 spiro atoms. The van der Waals surface area contributed by atoms with Crippen molar-refractivity contribution in [1.29, 1.82) is 0 Å². The quantitative estimate of drug-likeness (QED) is 0.402. The molecular formula is C19H21N3O7S. The molecule has 2 aromatic rings. The van der Waals surface area contributed by atoms with Gasteiger partial charge >= 0.3 is 11.7 Å². The maximum atomic E-state index is 12.7. The summed E-state index contributed by atoms with van der Waals surface area (Å²) in [5.41, 5.74) is 0.0713. The number of benzene rings is 1. The SMILES string of the molecule is CCOC(=O)c1c(NC(=O)c2ccc(OC)c([N+](=O)[O-])c2)sc(C(=O)N(C)C)c1C. The van der Waals surface area contributed by atoms with Crippen LogP contribution in [-0.4, -0.2) is 55.4 Å². The van der Waals surface area contributed by atoms with Crippen LogP contribution in [0.3, 0.4) is 0 Å². The van der Waals surface area contributed by atoms with E-state index >= 15 is 0 Å². The van der Waals surface area contributed by atoms with Gasteiger partial charge in [-0.05, 0) is 31.5 Å². The second kappa shape index (κ2) is 9.35. The molecule has 0 saturated heterocycles. The number of thiophene rings is 1. The summed E-state index contributed by atoms with van der Waals surface area (Å²) < 4.78 is 9.99. The van der Waals surface area contributed by atoms with Crippen molar-refractivity contribution in [3.05, 3.63) is 49.9 Å². The van der Waals surface area contributed by atoms with E-state index in [1.165, 1.54) is 24.1 Å². The van der Waals surface area contributed by atoms with Crippen LogP contribution in [0.15, 0.2) is 18.2 Å². The number of nitro benzene ring substituents is 1. The summed E-state index contributed by atoms with van der Waals surface area (Å²) in [6, 6.07) is 3.74. The first-order chi connectivity index (χ1) is 14.1. The first kappa shape index (κ1) is 22.8. The van der Waals surface area contributed by atoms with Gasteiger partial charge < -0.3 is 19.7 Å². The summed E-state index contributed by atoms with van der Waals surface area (Å²) in [7, 11) is 4.42. The lowest BCUT2D eigenvalue weighted by molar-refractivity contribution is -0.385. The molecule has 0 unspecified atom stereocenters. The highest BCUT2D eigenvalue weighted by molar-refractivity contribution is 7.18. The Morgan fingerprint density at radius 2 is 1.93 bits per heavy atom. The Balaban J connectivity index is 2.48. The van der Waals surface area contributed by atoms with Crippen LogP contribution in [-0.2, 0) is 4.74 Å². The van der Waals surface area contributed by atoms with E-state index < -0.39 is 16.8 Å². The molecule has 11 heteroatoms. The van der Waals surface area contributed by atoms with Crippen molar-refractivity contribution in [3.8, 4) is 5.75 Å². The first-order valence-electron chi connectivity index (χ1n) is 8.78. The van der Waals surface area contributed by atoms with Gasteiger partial charge in [0.05, 0.1) is 29.1 Å². The van der Waals surface area contributed by atoms with Crippen molar-refractivity contribution >= 4 is 39.8 Å². The standard InChI is InChI=1S/C19H21N3O7S/c1-6-29-19(25)14-10(2)15(18(24)21(3)4)30-17(14)20-16(23)11-7-8-13(28-5)12(9-11)22(26)27/h7-9H,6H2,1-5H3,(H,20,23). The van der Waals surface area contributed by atoms with Gasteiger partial charge in [0.15, 0.2) is 5.75 Å². The predicted molar refractivity (Wildman–Crippen MR) is 111 cm³/mol. The molecule has 0 atom stereocenters. The molecular weight excluding hydrogens is 414 g/mol. The fourth-order valence-corrected chi connectivity index (χ4v) is 3.82. The highest BCUT2D eigenvalue weighted by Crippen LogP contribution is 2.35. The number of hydrogen-bond donors (Lipinski definition) is 1. The zero-order valence-corrected chi connectivity index (χ0v) is 17.9. The Bertz CT molecular complexity index is 1010. The van der Waals surface area contributed by atoms with E-state index in [0.717, 1.165) is 17.4 Å². The van der Waals surface area contributed by atoms with Crippen LogP contribution in [0.2, 0.25) is 0 Å². The molecule has 1 N–H and O–H groups in total. The number of nitrogens with one attached hydrogen (secondary N) is 1. The molecule has 160 valence electrons. The summed E-state index contributed by atoms with van der Waals surface area (Å²) in [6.45, 7) is 3.34. The molecule has 0 aliphatic heterocycles. The minimum absolute atomic E-state index is 0.00889. The lowest BCUT2D eigenvalue weighted by Crippen LogP contribution is -2.21. The molecule has 10 nitrogen and oxygen atoms in total. The van der Waals surface area contributed by atoms with Crippen LogP contribution in [0.25, 0.3) is 0 Å². The van der Waals surface area contributed by atoms with E-state index in [1.54, 1.807) is 27.9 Å². The Morgan fingerprint density at radius 1 is 1.27 bits per heavy atom. The van der Waals surface area contributed by atoms with Gasteiger partial charge in [0.25, 0.3) is 11.8 Å². The van der Waals surface area contributed by atoms with Crippen molar-refractivity contribution < 1.29 is 28.8 Å². The molecule has 1 aromatic carbocycles. The second-order valence-electron chi connectivity index (χ2n) is 6.28. The molecule has 0 bridgehead atoms. The number of rotatable bonds is 7. The van der Waals surface area contributed by atoms with Crippen molar-refractivity contribution in [3.63, 3.8) is 0 Å². The van der Waals surface area contributed by atoms with Crippen LogP contribution in [0.5, 0.6) is 5.75 Å². The third-order valence-electron chi connectivity index (χ3n) is 4.09. The molecule has 0 radical (unpaired) electrons. The third-order valence-corrected chi connectivity index (χ3v) is 5.29. The normalized spacial score (nSPS) is 10.3. The molecule has 0 aliphatic carbocycles. The summed E-state index contributed by atoms with van der Waals surface area (Å²) in [6.07, 6.45) is 0. The summed E-state index contributed by atoms with van der Waals surface area (Å²) >= 11 is 0.935. The number of ether oxygens (including phenoxy) is 2. The average molecular weight is 435 g/mol. The number of carbonyl (C=O) groups is 3. The Morgan fingerprint density at radius 3 is 2.47 bits per heavy atom. The molecule has 1 aromatic heterocycles. The van der Waals surface area contributed by atoms with Crippen LogP contribution in [0, 0.1) is 17.0 Å². The van der Waals surface area contributed by atoms with Crippen LogP contribution in [0.4, 0.5) is 10.7 Å². The van der Waals surface area contributed by atoms with Crippen LogP contribution >= 0.6 is 11.3 Å². The average Bonchev–Trinajstić information content (AvgIpc) is 3.02. The number of methoxy groups -OCH3 is 1. The first-order valence-corrected chi connectivity index (χ1v) is 9.59. The topological polar surface area (TPSA) is 128 Å². The number of amides is 2. The van der Waals surface area contributed by atoms with E-state index in [2.05, 4.69) is 5.32 Å². The van der Waals surface area contributed by atoms with Crippen LogP contribution in [0.1, 0.15) is 42.9 Å². The molecule has 30 heavy (non-hydrogen) atoms. The number of carbonyl (C=O) groups excluding carboxylic acids is 3. The molecule has 2 amide bonds. The fraction of sp³-hybridized carbons (Fsp3) is 0.316. The zero-order chi connectivity index (χ0) is 22.6. The maximum Gasteiger partial charge on any atom is 0.341 e. The highest BCUT2D eigenvalue weighted by atomic mass is 32.1. The van der Waals surface area contributed by atoms with E-state index in [1.807, 2.05) is 0 Å². The third kappa shape index (κ3) is 4.57. The molecule has 2 rings (SSSR count). The molecule has 0 saturated carbocycles. The fourth-order valence-electron chi connectivity index (χ4n) is 2.61. The van der Waals surface area contributed by atoms with E-state index in [0.29, 0.717) is 5.56 Å². The summed E-state index contributed by atoms with van der Waals surface area (Å²) in [5.74, 6) is -1.69. The predicted octanol–water partition coefficient (Wildman–Crippen LogP) is 3.10. The van der Waals surface area contributed by atoms with E-state index in [4.69, 9.17) is 9.47 Å². The van der Waals surface area contributed by atoms with Gasteiger partial charge in [0.2, 0.25) is 0 Å². The summed E-state index contributed by atoms with van der Waals surface area (Å²) in [5, 5.41) is 13.9. The minimum atomic E-state index is -0.684. The number of nitro groups is 1. The highest BCUT2D eigenvalue weighted by Gasteiger charge is 2.28. The zero-order valence-electron chi connectivity index (χ0n) is 17.1. The number of esters is 1. The maximum absolute atomic E-state index is 12.7. The van der Waals surface area contributed by atoms with Gasteiger partial charge in [0, 0.05) is 25.7 Å². The van der Waals surface area contributed by atoms with Gasteiger partial charge in [-0.25, -0.2) is 4.79 Å². The smallest absolute Gasteiger partial charge is 0.341 e. The minimum Gasteiger partial charge on any atom is -0.490 e. The Kier molecular flexibility index (Phi) is 7.11. The van der Waals surface area contributed by atoms with Gasteiger partial charge in [-0.3, -0.25) is 19.7 Å². The van der Waals surface area contributed by atoms with Gasteiger partial charge in [0.1, 0.15) is 5.00 Å². The van der Waals surface area contributed by atoms with Crippen molar-refractivity contribution in [2.24, 2.45) is 0 Å². The van der Waals surface area contributed by atoms with Crippen molar-refractivity contribution in [2.75, 3.05) is 33.1 Å². The number of nitrogens with zero attached hydrogens (tertiary/aromatic N) is 2.